The molecule has 3 heterocycles. The number of nitrogens with zero attached hydrogens (tertiary/aromatic N) is 3. The number of hydrogen-bond acceptors (Lipinski definition) is 4. The molecular formula is C12H16N4S. The molecule has 4 nitrogen and oxygen atoms in total. The van der Waals surface area contributed by atoms with Gasteiger partial charge in [-0.15, -0.1) is 21.5 Å². The van der Waals surface area contributed by atoms with Crippen LogP contribution >= 0.6 is 11.3 Å². The largest absolute Gasteiger partial charge is 0.308 e. The summed E-state index contributed by atoms with van der Waals surface area (Å²) in [4.78, 5) is 2.63. The van der Waals surface area contributed by atoms with Gasteiger partial charge < -0.3 is 9.88 Å². The van der Waals surface area contributed by atoms with Crippen molar-refractivity contribution in [1.82, 2.24) is 20.1 Å². The average molecular weight is 248 g/mol. The molecule has 0 amide bonds. The lowest BCUT2D eigenvalue weighted by Gasteiger charge is -2.21. The molecule has 3 rings (SSSR count). The Hall–Kier alpha value is -1.20. The highest BCUT2D eigenvalue weighted by Gasteiger charge is 2.22. The van der Waals surface area contributed by atoms with E-state index in [1.807, 2.05) is 11.3 Å². The van der Waals surface area contributed by atoms with E-state index in [9.17, 15) is 0 Å². The number of thiophene rings is 1. The highest BCUT2D eigenvalue weighted by molar-refractivity contribution is 7.15. The van der Waals surface area contributed by atoms with Gasteiger partial charge in [0.05, 0.1) is 10.9 Å². The molecule has 1 N–H and O–H groups in total. The van der Waals surface area contributed by atoms with Crippen LogP contribution < -0.4 is 5.32 Å². The molecule has 0 bridgehead atoms. The monoisotopic (exact) mass is 248 g/mol. The first-order chi connectivity index (χ1) is 8.29. The molecule has 0 saturated carbocycles. The predicted molar refractivity (Wildman–Crippen MR) is 69.1 cm³/mol. The summed E-state index contributed by atoms with van der Waals surface area (Å²) < 4.78 is 2.24. The molecule has 17 heavy (non-hydrogen) atoms. The van der Waals surface area contributed by atoms with Gasteiger partial charge in [-0.1, -0.05) is 6.92 Å². The number of aromatic nitrogens is 3. The van der Waals surface area contributed by atoms with Gasteiger partial charge in [0.2, 0.25) is 0 Å². The van der Waals surface area contributed by atoms with Crippen LogP contribution in [0.25, 0.3) is 10.7 Å². The standard InChI is InChI=1S/C12H16N4S/c1-3-9-4-5-10(17-9)12-15-14-11-8(2)13-6-7-16(11)12/h4-5,8,13H,3,6-7H2,1-2H3. The van der Waals surface area contributed by atoms with Gasteiger partial charge in [-0.25, -0.2) is 0 Å². The van der Waals surface area contributed by atoms with Gasteiger partial charge in [0.25, 0.3) is 0 Å². The third kappa shape index (κ3) is 1.79. The molecule has 1 atom stereocenters. The maximum absolute atomic E-state index is 4.35. The molecular weight excluding hydrogens is 232 g/mol. The Balaban J connectivity index is 2.03. The second-order valence-corrected chi connectivity index (χ2v) is 5.50. The van der Waals surface area contributed by atoms with E-state index in [2.05, 4.69) is 46.1 Å². The number of fused-ring (bicyclic) bond motifs is 1. The van der Waals surface area contributed by atoms with E-state index in [0.717, 1.165) is 31.2 Å². The molecule has 2 aromatic rings. The Bertz CT molecular complexity index is 528. The van der Waals surface area contributed by atoms with Gasteiger partial charge in [-0.3, -0.25) is 0 Å². The quantitative estimate of drug-likeness (QED) is 0.886. The first-order valence-electron chi connectivity index (χ1n) is 6.05. The smallest absolute Gasteiger partial charge is 0.174 e. The summed E-state index contributed by atoms with van der Waals surface area (Å²) in [5.74, 6) is 2.08. The average Bonchev–Trinajstić information content (AvgIpc) is 2.94. The normalized spacial score (nSPS) is 19.3. The van der Waals surface area contributed by atoms with E-state index >= 15 is 0 Å². The van der Waals surface area contributed by atoms with Crippen LogP contribution in [0, 0.1) is 0 Å². The van der Waals surface area contributed by atoms with Gasteiger partial charge in [0.15, 0.2) is 5.82 Å². The molecule has 0 spiro atoms. The fourth-order valence-corrected chi connectivity index (χ4v) is 3.15. The minimum Gasteiger partial charge on any atom is -0.308 e. The molecule has 1 unspecified atom stereocenters. The van der Waals surface area contributed by atoms with E-state index in [0.29, 0.717) is 6.04 Å². The van der Waals surface area contributed by atoms with Crippen LogP contribution in [-0.2, 0) is 13.0 Å². The van der Waals surface area contributed by atoms with Crippen LogP contribution in [0.5, 0.6) is 0 Å². The molecule has 1 aliphatic heterocycles. The third-order valence-corrected chi connectivity index (χ3v) is 4.41. The predicted octanol–water partition coefficient (Wildman–Crippen LogP) is 2.23. The van der Waals surface area contributed by atoms with Gasteiger partial charge >= 0.3 is 0 Å². The van der Waals surface area contributed by atoms with Crippen molar-refractivity contribution < 1.29 is 0 Å². The van der Waals surface area contributed by atoms with Crippen molar-refractivity contribution in [2.45, 2.75) is 32.9 Å². The second-order valence-electron chi connectivity index (χ2n) is 4.33. The highest BCUT2D eigenvalue weighted by Crippen LogP contribution is 2.29. The fraction of sp³-hybridized carbons (Fsp3) is 0.500. The summed E-state index contributed by atoms with van der Waals surface area (Å²) in [7, 11) is 0. The molecule has 2 aromatic heterocycles. The number of aryl methyl sites for hydroxylation is 1. The van der Waals surface area contributed by atoms with E-state index in [1.54, 1.807) is 0 Å². The van der Waals surface area contributed by atoms with Crippen LogP contribution in [0.15, 0.2) is 12.1 Å². The summed E-state index contributed by atoms with van der Waals surface area (Å²) in [6, 6.07) is 4.65. The first kappa shape index (κ1) is 10.9. The van der Waals surface area contributed by atoms with E-state index in [4.69, 9.17) is 0 Å². The summed E-state index contributed by atoms with van der Waals surface area (Å²) in [6.07, 6.45) is 1.09. The Labute approximate surface area is 105 Å². The SMILES string of the molecule is CCc1ccc(-c2nnc3n2CCNC3C)s1. The molecule has 0 saturated heterocycles. The van der Waals surface area contributed by atoms with Crippen molar-refractivity contribution in [3.8, 4) is 10.7 Å². The van der Waals surface area contributed by atoms with Gasteiger partial charge in [-0.2, -0.15) is 0 Å². The Morgan fingerprint density at radius 2 is 2.35 bits per heavy atom. The summed E-state index contributed by atoms with van der Waals surface area (Å²) >= 11 is 1.82. The molecule has 90 valence electrons. The first-order valence-corrected chi connectivity index (χ1v) is 6.86. The van der Waals surface area contributed by atoms with E-state index < -0.39 is 0 Å². The number of hydrogen-bond donors (Lipinski definition) is 1. The topological polar surface area (TPSA) is 42.7 Å². The Kier molecular flexibility index (Phi) is 2.72. The summed E-state index contributed by atoms with van der Waals surface area (Å²) in [5.41, 5.74) is 0. The van der Waals surface area contributed by atoms with E-state index in [1.165, 1.54) is 9.75 Å². The van der Waals surface area contributed by atoms with E-state index in [-0.39, 0.29) is 0 Å². The van der Waals surface area contributed by atoms with Crippen LogP contribution in [0.3, 0.4) is 0 Å². The lowest BCUT2D eigenvalue weighted by atomic mass is 10.2. The van der Waals surface area contributed by atoms with Gasteiger partial charge in [-0.05, 0) is 25.5 Å². The van der Waals surface area contributed by atoms with Crippen molar-refractivity contribution in [3.05, 3.63) is 22.8 Å². The molecule has 0 radical (unpaired) electrons. The van der Waals surface area contributed by atoms with Crippen molar-refractivity contribution in [2.24, 2.45) is 0 Å². The maximum atomic E-state index is 4.35. The summed E-state index contributed by atoms with van der Waals surface area (Å²) in [6.45, 7) is 6.27. The van der Waals surface area contributed by atoms with Gasteiger partial charge in [0.1, 0.15) is 5.82 Å². The third-order valence-electron chi connectivity index (χ3n) is 3.18. The minimum absolute atomic E-state index is 0.301. The zero-order valence-corrected chi connectivity index (χ0v) is 10.9. The van der Waals surface area contributed by atoms with Crippen molar-refractivity contribution in [1.29, 1.82) is 0 Å². The molecule has 0 aromatic carbocycles. The van der Waals surface area contributed by atoms with Crippen LogP contribution in [0.4, 0.5) is 0 Å². The van der Waals surface area contributed by atoms with Crippen LogP contribution in [0.1, 0.15) is 30.6 Å². The van der Waals surface area contributed by atoms with Crippen LogP contribution in [0.2, 0.25) is 0 Å². The number of nitrogens with one attached hydrogen (secondary N) is 1. The fourth-order valence-electron chi connectivity index (χ4n) is 2.21. The highest BCUT2D eigenvalue weighted by atomic mass is 32.1. The van der Waals surface area contributed by atoms with Crippen molar-refractivity contribution >= 4 is 11.3 Å². The zero-order chi connectivity index (χ0) is 11.8. The Morgan fingerprint density at radius 1 is 1.47 bits per heavy atom. The van der Waals surface area contributed by atoms with Crippen molar-refractivity contribution in [3.63, 3.8) is 0 Å². The summed E-state index contributed by atoms with van der Waals surface area (Å²) in [5, 5.41) is 12.1. The maximum Gasteiger partial charge on any atom is 0.174 e. The molecule has 5 heteroatoms. The van der Waals surface area contributed by atoms with Crippen molar-refractivity contribution in [2.75, 3.05) is 6.54 Å². The molecule has 0 fully saturated rings. The molecule has 1 aliphatic rings. The minimum atomic E-state index is 0.301. The zero-order valence-electron chi connectivity index (χ0n) is 10.1. The Morgan fingerprint density at radius 3 is 3.12 bits per heavy atom. The second kappa shape index (κ2) is 4.23. The lowest BCUT2D eigenvalue weighted by molar-refractivity contribution is 0.439. The molecule has 0 aliphatic carbocycles. The van der Waals surface area contributed by atoms with Gasteiger partial charge in [0, 0.05) is 18.0 Å². The number of rotatable bonds is 2. The van der Waals surface area contributed by atoms with Crippen LogP contribution in [-0.4, -0.2) is 21.3 Å². The lowest BCUT2D eigenvalue weighted by Crippen LogP contribution is -2.32.